The summed E-state index contributed by atoms with van der Waals surface area (Å²) < 4.78 is 69.9. The van der Waals surface area contributed by atoms with Gasteiger partial charge in [0.05, 0.1) is 0 Å². The first kappa shape index (κ1) is 30.5. The van der Waals surface area contributed by atoms with Crippen molar-refractivity contribution in [2.24, 2.45) is 0 Å². The van der Waals surface area contributed by atoms with Crippen LogP contribution < -0.4 is 9.47 Å². The Morgan fingerprint density at radius 2 is 1.08 bits per heavy atom. The highest BCUT2D eigenvalue weighted by Crippen LogP contribution is 2.39. The molecule has 3 rings (SSSR count). The van der Waals surface area contributed by atoms with Crippen LogP contribution in [0.5, 0.6) is 17.2 Å². The monoisotopic (exact) mass is 544 g/mol. The second kappa shape index (κ2) is 15.5. The van der Waals surface area contributed by atoms with E-state index < -0.39 is 29.1 Å². The normalized spacial score (nSPS) is 11.5. The summed E-state index contributed by atoms with van der Waals surface area (Å²) in [7, 11) is 0. The van der Waals surface area contributed by atoms with Crippen LogP contribution in [0.2, 0.25) is 0 Å². The van der Waals surface area contributed by atoms with Crippen molar-refractivity contribution in [3.05, 3.63) is 89.0 Å². The van der Waals surface area contributed by atoms with Gasteiger partial charge in [0.25, 0.3) is 0 Å². The number of ether oxygens (including phenoxy) is 2. The molecule has 0 saturated carbocycles. The molecule has 0 atom stereocenters. The first-order valence-electron chi connectivity index (χ1n) is 14.2. The van der Waals surface area contributed by atoms with Gasteiger partial charge in [-0.05, 0) is 73.2 Å². The van der Waals surface area contributed by atoms with Crippen LogP contribution in [0.25, 0.3) is 0 Å². The number of hydrogen-bond acceptors (Lipinski definition) is 2. The van der Waals surface area contributed by atoms with E-state index in [1.807, 2.05) is 12.1 Å². The Hall–Kier alpha value is -3.02. The number of hydrogen-bond donors (Lipinski definition) is 0. The predicted octanol–water partition coefficient (Wildman–Crippen LogP) is 10.9. The van der Waals surface area contributed by atoms with Crippen LogP contribution >= 0.6 is 0 Å². The van der Waals surface area contributed by atoms with E-state index in [4.69, 9.17) is 9.47 Å². The van der Waals surface area contributed by atoms with E-state index in [-0.39, 0.29) is 11.5 Å². The highest BCUT2D eigenvalue weighted by molar-refractivity contribution is 5.39. The first-order chi connectivity index (χ1) is 18.8. The smallest absolute Gasteiger partial charge is 0.432 e. The van der Waals surface area contributed by atoms with E-state index >= 15 is 13.2 Å². The van der Waals surface area contributed by atoms with Gasteiger partial charge in [-0.1, -0.05) is 89.5 Å². The highest BCUT2D eigenvalue weighted by Gasteiger charge is 2.42. The minimum Gasteiger partial charge on any atom is -0.454 e. The van der Waals surface area contributed by atoms with Gasteiger partial charge in [0.1, 0.15) is 22.9 Å². The predicted molar refractivity (Wildman–Crippen MR) is 149 cm³/mol. The molecule has 0 spiro atoms. The van der Waals surface area contributed by atoms with E-state index in [0.717, 1.165) is 68.2 Å². The Balaban J connectivity index is 1.62. The molecule has 0 saturated heterocycles. The van der Waals surface area contributed by atoms with E-state index in [2.05, 4.69) is 13.8 Å². The third-order valence-electron chi connectivity index (χ3n) is 6.81. The lowest BCUT2D eigenvalue weighted by Gasteiger charge is -2.20. The molecule has 212 valence electrons. The molecule has 0 radical (unpaired) electrons. The topological polar surface area (TPSA) is 18.5 Å². The zero-order valence-corrected chi connectivity index (χ0v) is 23.1. The van der Waals surface area contributed by atoms with Gasteiger partial charge >= 0.3 is 6.11 Å². The Kier molecular flexibility index (Phi) is 12.2. The fraction of sp³-hybridized carbons (Fsp3) is 0.455. The van der Waals surface area contributed by atoms with Gasteiger partial charge < -0.3 is 9.47 Å². The lowest BCUT2D eigenvalue weighted by Crippen LogP contribution is -2.25. The molecule has 3 aromatic carbocycles. The van der Waals surface area contributed by atoms with E-state index in [9.17, 15) is 4.39 Å². The minimum atomic E-state index is -4.24. The molecule has 0 aromatic heterocycles. The Morgan fingerprint density at radius 1 is 0.590 bits per heavy atom. The SMILES string of the molecule is CCCCCCCCc1ccc(OC(F)(F)c2c(F)ccc(Oc3ccc(CCCCCC)cc3)c2F)cc1. The van der Waals surface area contributed by atoms with Crippen LogP contribution in [0.4, 0.5) is 17.6 Å². The van der Waals surface area contributed by atoms with Crippen molar-refractivity contribution in [1.82, 2.24) is 0 Å². The fourth-order valence-corrected chi connectivity index (χ4v) is 4.52. The van der Waals surface area contributed by atoms with Crippen LogP contribution in [-0.2, 0) is 19.0 Å². The third kappa shape index (κ3) is 9.59. The lowest BCUT2D eigenvalue weighted by molar-refractivity contribution is -0.189. The largest absolute Gasteiger partial charge is 0.454 e. The maximum atomic E-state index is 15.1. The van der Waals surface area contributed by atoms with Gasteiger partial charge in [-0.15, -0.1) is 0 Å². The first-order valence-corrected chi connectivity index (χ1v) is 14.2. The van der Waals surface area contributed by atoms with Crippen molar-refractivity contribution in [1.29, 1.82) is 0 Å². The summed E-state index contributed by atoms with van der Waals surface area (Å²) in [4.78, 5) is 0. The average Bonchev–Trinajstić information content (AvgIpc) is 2.92. The third-order valence-corrected chi connectivity index (χ3v) is 6.81. The number of unbranched alkanes of at least 4 members (excludes halogenated alkanes) is 8. The Labute approximate surface area is 230 Å². The van der Waals surface area contributed by atoms with Crippen LogP contribution in [-0.4, -0.2) is 0 Å². The van der Waals surface area contributed by atoms with Crippen molar-refractivity contribution >= 4 is 0 Å². The van der Waals surface area contributed by atoms with Crippen LogP contribution in [0.15, 0.2) is 60.7 Å². The van der Waals surface area contributed by atoms with Gasteiger partial charge in [0.2, 0.25) is 0 Å². The van der Waals surface area contributed by atoms with Gasteiger partial charge in [0, 0.05) is 0 Å². The van der Waals surface area contributed by atoms with Gasteiger partial charge in [-0.3, -0.25) is 0 Å². The highest BCUT2D eigenvalue weighted by atomic mass is 19.3. The van der Waals surface area contributed by atoms with Crippen LogP contribution in [0.3, 0.4) is 0 Å². The van der Waals surface area contributed by atoms with Crippen LogP contribution in [0.1, 0.15) is 94.7 Å². The number of aryl methyl sites for hydroxylation is 2. The number of benzene rings is 3. The second-order valence-electron chi connectivity index (χ2n) is 10.1. The van der Waals surface area contributed by atoms with Crippen LogP contribution in [0, 0.1) is 11.6 Å². The number of alkyl halides is 2. The zero-order chi connectivity index (χ0) is 28.1. The molecule has 0 heterocycles. The molecule has 0 amide bonds. The summed E-state index contributed by atoms with van der Waals surface area (Å²) >= 11 is 0. The van der Waals surface area contributed by atoms with E-state index in [1.54, 1.807) is 24.3 Å². The molecule has 0 unspecified atom stereocenters. The molecule has 6 heteroatoms. The van der Waals surface area contributed by atoms with Crippen molar-refractivity contribution in [2.75, 3.05) is 0 Å². The maximum Gasteiger partial charge on any atom is 0.432 e. The Bertz CT molecular complexity index is 1130. The van der Waals surface area contributed by atoms with Gasteiger partial charge in [-0.2, -0.15) is 8.78 Å². The summed E-state index contributed by atoms with van der Waals surface area (Å²) in [6.07, 6.45) is 9.07. The molecule has 3 aromatic rings. The van der Waals surface area contributed by atoms with Crippen molar-refractivity contribution in [3.63, 3.8) is 0 Å². The maximum absolute atomic E-state index is 15.1. The quantitative estimate of drug-likeness (QED) is 0.124. The standard InChI is InChI=1S/C33H40F4O2/c1-3-5-7-9-10-12-14-26-17-21-28(22-18-26)39-33(36,37)31-29(34)23-24-30(32(31)35)38-27-19-15-25(16-20-27)13-11-8-6-4-2/h15-24H,3-14H2,1-2H3. The van der Waals surface area contributed by atoms with E-state index in [1.165, 1.54) is 44.2 Å². The molecule has 0 aliphatic rings. The van der Waals surface area contributed by atoms with Crippen molar-refractivity contribution in [3.8, 4) is 17.2 Å². The lowest BCUT2D eigenvalue weighted by atomic mass is 10.0. The molecule has 0 bridgehead atoms. The van der Waals surface area contributed by atoms with Crippen molar-refractivity contribution < 1.29 is 27.0 Å². The molecule has 39 heavy (non-hydrogen) atoms. The summed E-state index contributed by atoms with van der Waals surface area (Å²) in [6.45, 7) is 4.33. The number of halogens is 4. The molecule has 0 N–H and O–H groups in total. The summed E-state index contributed by atoms with van der Waals surface area (Å²) in [6, 6.07) is 15.0. The summed E-state index contributed by atoms with van der Waals surface area (Å²) in [5.41, 5.74) is 0.626. The molecule has 2 nitrogen and oxygen atoms in total. The summed E-state index contributed by atoms with van der Waals surface area (Å²) in [5, 5.41) is 0. The summed E-state index contributed by atoms with van der Waals surface area (Å²) in [5.74, 6) is -3.31. The second-order valence-corrected chi connectivity index (χ2v) is 10.1. The fourth-order valence-electron chi connectivity index (χ4n) is 4.52. The number of rotatable bonds is 17. The molecule has 0 fully saturated rings. The molecule has 0 aliphatic carbocycles. The molecular formula is C33H40F4O2. The average molecular weight is 545 g/mol. The van der Waals surface area contributed by atoms with Gasteiger partial charge in [-0.25, -0.2) is 8.78 Å². The Morgan fingerprint density at radius 3 is 1.64 bits per heavy atom. The molecular weight excluding hydrogens is 504 g/mol. The van der Waals surface area contributed by atoms with Gasteiger partial charge in [0.15, 0.2) is 11.6 Å². The van der Waals surface area contributed by atoms with Crippen molar-refractivity contribution in [2.45, 2.75) is 97.0 Å². The molecule has 0 aliphatic heterocycles. The zero-order valence-electron chi connectivity index (χ0n) is 23.1. The van der Waals surface area contributed by atoms with E-state index in [0.29, 0.717) is 0 Å². The minimum absolute atomic E-state index is 0.175.